The van der Waals surface area contributed by atoms with Gasteiger partial charge in [-0.2, -0.15) is 10.4 Å². The number of carbonyl (C=O) groups excluding carboxylic acids is 3. The molecule has 4 rings (SSSR count). The number of piperidine rings is 1. The number of primary amides is 1. The molecule has 37 heavy (non-hydrogen) atoms. The Bertz CT molecular complexity index is 1360. The van der Waals surface area contributed by atoms with Gasteiger partial charge in [0.25, 0.3) is 5.91 Å². The molecular formula is C28H32N6O3. The van der Waals surface area contributed by atoms with Crippen molar-refractivity contribution >= 4 is 28.6 Å². The van der Waals surface area contributed by atoms with Crippen LogP contribution in [0.15, 0.2) is 48.5 Å². The molecule has 1 saturated heterocycles. The molecular weight excluding hydrogens is 468 g/mol. The second-order valence-corrected chi connectivity index (χ2v) is 10.6. The van der Waals surface area contributed by atoms with Crippen molar-refractivity contribution in [3.05, 3.63) is 65.4 Å². The first kappa shape index (κ1) is 25.9. The lowest BCUT2D eigenvalue weighted by molar-refractivity contribution is -0.139. The van der Waals surface area contributed by atoms with Crippen LogP contribution in [0.4, 0.5) is 0 Å². The van der Waals surface area contributed by atoms with Crippen molar-refractivity contribution in [1.29, 1.82) is 5.26 Å². The minimum absolute atomic E-state index is 0.229. The van der Waals surface area contributed by atoms with Gasteiger partial charge in [0.2, 0.25) is 11.8 Å². The van der Waals surface area contributed by atoms with Crippen molar-refractivity contribution in [1.82, 2.24) is 20.0 Å². The van der Waals surface area contributed by atoms with Crippen LogP contribution < -0.4 is 11.1 Å². The van der Waals surface area contributed by atoms with Crippen LogP contribution in [0.5, 0.6) is 0 Å². The molecule has 0 radical (unpaired) electrons. The molecule has 9 heteroatoms. The van der Waals surface area contributed by atoms with Crippen molar-refractivity contribution in [2.45, 2.75) is 46.2 Å². The fourth-order valence-electron chi connectivity index (χ4n) is 4.71. The Kier molecular flexibility index (Phi) is 7.30. The molecule has 2 aromatic carbocycles. The van der Waals surface area contributed by atoms with Crippen LogP contribution in [0.3, 0.4) is 0 Å². The predicted octanol–water partition coefficient (Wildman–Crippen LogP) is 2.82. The normalized spacial score (nSPS) is 16.7. The quantitative estimate of drug-likeness (QED) is 0.537. The number of nitrogens with two attached hydrogens (primary N) is 1. The van der Waals surface area contributed by atoms with E-state index in [-0.39, 0.29) is 24.1 Å². The van der Waals surface area contributed by atoms with Gasteiger partial charge in [-0.15, -0.1) is 0 Å². The van der Waals surface area contributed by atoms with Gasteiger partial charge in [-0.05, 0) is 42.0 Å². The number of para-hydroxylation sites is 1. The fraction of sp³-hybridized carbons (Fsp3) is 0.393. The Morgan fingerprint density at radius 3 is 2.51 bits per heavy atom. The number of likely N-dealkylation sites (tertiary alicyclic amines) is 1. The Morgan fingerprint density at radius 2 is 1.86 bits per heavy atom. The van der Waals surface area contributed by atoms with Crippen molar-refractivity contribution in [2.75, 3.05) is 13.1 Å². The zero-order valence-corrected chi connectivity index (χ0v) is 21.4. The first-order valence-electron chi connectivity index (χ1n) is 12.4. The van der Waals surface area contributed by atoms with Crippen molar-refractivity contribution in [3.63, 3.8) is 0 Å². The van der Waals surface area contributed by atoms with E-state index in [0.717, 1.165) is 11.1 Å². The molecule has 1 fully saturated rings. The maximum absolute atomic E-state index is 13.6. The van der Waals surface area contributed by atoms with Crippen LogP contribution in [0.1, 0.15) is 55.2 Å². The van der Waals surface area contributed by atoms with E-state index in [2.05, 4.69) is 16.5 Å². The third kappa shape index (κ3) is 5.64. The number of carbonyl (C=O) groups is 3. The van der Waals surface area contributed by atoms with E-state index < -0.39 is 23.3 Å². The van der Waals surface area contributed by atoms with Crippen molar-refractivity contribution in [2.24, 2.45) is 17.1 Å². The average Bonchev–Trinajstić information content (AvgIpc) is 3.25. The summed E-state index contributed by atoms with van der Waals surface area (Å²) in [4.78, 5) is 40.5. The number of aromatic nitrogens is 2. The Hall–Kier alpha value is -4.19. The lowest BCUT2D eigenvalue weighted by atomic mass is 9.84. The number of nitrogens with zero attached hydrogens (tertiary/aromatic N) is 4. The van der Waals surface area contributed by atoms with E-state index in [0.29, 0.717) is 36.9 Å². The van der Waals surface area contributed by atoms with Crippen LogP contribution in [-0.4, -0.2) is 51.5 Å². The smallest absolute Gasteiger partial charge is 0.273 e. The molecule has 0 bridgehead atoms. The summed E-state index contributed by atoms with van der Waals surface area (Å²) in [6, 6.07) is 16.0. The van der Waals surface area contributed by atoms with Crippen LogP contribution in [-0.2, 0) is 16.1 Å². The van der Waals surface area contributed by atoms with E-state index in [1.165, 1.54) is 0 Å². The standard InChI is InChI=1S/C28H32N6O3/c1-28(2,3)24(27(37)33-14-6-7-20(17-33)25(30)35)31-26(36)23-21-8-4-5-9-22(21)34(32-23)16-19-12-10-18(15-29)11-13-19/h4-5,8-13,20,24H,6-7,14,16-17H2,1-3H3,(H2,30,35)(H,31,36). The average molecular weight is 501 g/mol. The molecule has 1 aromatic heterocycles. The maximum atomic E-state index is 13.6. The summed E-state index contributed by atoms with van der Waals surface area (Å²) in [5.41, 5.74) is 7.46. The summed E-state index contributed by atoms with van der Waals surface area (Å²) < 4.78 is 1.75. The third-order valence-electron chi connectivity index (χ3n) is 6.81. The molecule has 2 heterocycles. The van der Waals surface area contributed by atoms with Gasteiger partial charge in [0.05, 0.1) is 29.6 Å². The molecule has 1 aliphatic heterocycles. The molecule has 1 aliphatic rings. The topological polar surface area (TPSA) is 134 Å². The number of nitrogens with one attached hydrogen (secondary N) is 1. The minimum atomic E-state index is -0.811. The second-order valence-electron chi connectivity index (χ2n) is 10.6. The molecule has 192 valence electrons. The lowest BCUT2D eigenvalue weighted by Gasteiger charge is -2.38. The molecule has 2 unspecified atom stereocenters. The molecule has 3 amide bonds. The number of amides is 3. The van der Waals surface area contributed by atoms with Crippen LogP contribution in [0.2, 0.25) is 0 Å². The fourth-order valence-corrected chi connectivity index (χ4v) is 4.71. The molecule has 0 spiro atoms. The van der Waals surface area contributed by atoms with Gasteiger partial charge in [-0.1, -0.05) is 51.1 Å². The summed E-state index contributed by atoms with van der Waals surface area (Å²) in [5.74, 6) is -1.45. The summed E-state index contributed by atoms with van der Waals surface area (Å²) in [7, 11) is 0. The number of fused-ring (bicyclic) bond motifs is 1. The summed E-state index contributed by atoms with van der Waals surface area (Å²) in [6.45, 7) is 6.89. The Labute approximate surface area is 216 Å². The minimum Gasteiger partial charge on any atom is -0.369 e. The van der Waals surface area contributed by atoms with Gasteiger partial charge < -0.3 is 16.0 Å². The summed E-state index contributed by atoms with van der Waals surface area (Å²) in [6.07, 6.45) is 1.35. The van der Waals surface area contributed by atoms with Crippen molar-refractivity contribution < 1.29 is 14.4 Å². The zero-order chi connectivity index (χ0) is 26.7. The highest BCUT2D eigenvalue weighted by Gasteiger charge is 2.38. The van der Waals surface area contributed by atoms with Crippen LogP contribution >= 0.6 is 0 Å². The molecule has 9 nitrogen and oxygen atoms in total. The SMILES string of the molecule is CC(C)(C)C(NC(=O)c1nn(Cc2ccc(C#N)cc2)c2ccccc12)C(=O)N1CCCC(C(N)=O)C1. The second kappa shape index (κ2) is 10.4. The highest BCUT2D eigenvalue weighted by molar-refractivity contribution is 6.06. The third-order valence-corrected chi connectivity index (χ3v) is 6.81. The van der Waals surface area contributed by atoms with E-state index >= 15 is 0 Å². The highest BCUT2D eigenvalue weighted by Crippen LogP contribution is 2.26. The molecule has 0 aliphatic carbocycles. The van der Waals surface area contributed by atoms with Crippen molar-refractivity contribution in [3.8, 4) is 6.07 Å². The van der Waals surface area contributed by atoms with Gasteiger partial charge >= 0.3 is 0 Å². The Morgan fingerprint density at radius 1 is 1.16 bits per heavy atom. The predicted molar refractivity (Wildman–Crippen MR) is 139 cm³/mol. The number of hydrogen-bond acceptors (Lipinski definition) is 5. The van der Waals surface area contributed by atoms with Gasteiger partial charge in [0.15, 0.2) is 5.69 Å². The van der Waals surface area contributed by atoms with Gasteiger partial charge in [0, 0.05) is 18.5 Å². The summed E-state index contributed by atoms with van der Waals surface area (Å²) >= 11 is 0. The van der Waals surface area contributed by atoms with Crippen LogP contribution in [0, 0.1) is 22.7 Å². The maximum Gasteiger partial charge on any atom is 0.273 e. The molecule has 2 atom stereocenters. The molecule has 0 saturated carbocycles. The largest absolute Gasteiger partial charge is 0.369 e. The van der Waals surface area contributed by atoms with E-state index in [1.54, 1.807) is 21.7 Å². The Balaban J connectivity index is 1.60. The van der Waals surface area contributed by atoms with Gasteiger partial charge in [0.1, 0.15) is 6.04 Å². The zero-order valence-electron chi connectivity index (χ0n) is 21.4. The number of nitriles is 1. The monoisotopic (exact) mass is 500 g/mol. The lowest BCUT2D eigenvalue weighted by Crippen LogP contribution is -2.57. The summed E-state index contributed by atoms with van der Waals surface area (Å²) in [5, 5.41) is 17.3. The van der Waals surface area contributed by atoms with Crippen LogP contribution in [0.25, 0.3) is 10.9 Å². The number of benzene rings is 2. The highest BCUT2D eigenvalue weighted by atomic mass is 16.2. The van der Waals surface area contributed by atoms with Gasteiger partial charge in [-0.25, -0.2) is 0 Å². The first-order chi connectivity index (χ1) is 17.6. The van der Waals surface area contributed by atoms with E-state index in [9.17, 15) is 14.4 Å². The number of hydrogen-bond donors (Lipinski definition) is 2. The van der Waals surface area contributed by atoms with E-state index in [1.807, 2.05) is 57.2 Å². The molecule has 3 N–H and O–H groups in total. The van der Waals surface area contributed by atoms with Gasteiger partial charge in [-0.3, -0.25) is 19.1 Å². The first-order valence-corrected chi connectivity index (χ1v) is 12.4. The molecule has 3 aromatic rings. The van der Waals surface area contributed by atoms with E-state index in [4.69, 9.17) is 11.0 Å². The number of rotatable bonds is 6.